The van der Waals surface area contributed by atoms with Gasteiger partial charge in [0.2, 0.25) is 0 Å². The molecular weight excluding hydrogens is 209 g/mol. The van der Waals surface area contributed by atoms with Gasteiger partial charge in [0.15, 0.2) is 0 Å². The Bertz CT molecular complexity index is 484. The fraction of sp³-hybridized carbons (Fsp3) is 0. The molecule has 0 aliphatic rings. The fourth-order valence-corrected chi connectivity index (χ4v) is 2.05. The molecule has 4 nitrogen and oxygen atoms in total. The van der Waals surface area contributed by atoms with Crippen molar-refractivity contribution in [2.75, 3.05) is 0 Å². The summed E-state index contributed by atoms with van der Waals surface area (Å²) in [6.45, 7) is 0. The summed E-state index contributed by atoms with van der Waals surface area (Å²) < 4.78 is 13.3. The van der Waals surface area contributed by atoms with Crippen molar-refractivity contribution < 1.29 is 14.4 Å². The lowest BCUT2D eigenvalue weighted by molar-refractivity contribution is -0.380. The Balaban J connectivity index is 2.82. The molecule has 1 heterocycles. The number of benzene rings is 1. The maximum absolute atomic E-state index is 13.1. The van der Waals surface area contributed by atoms with Gasteiger partial charge in [-0.15, -0.1) is 0 Å². The van der Waals surface area contributed by atoms with Gasteiger partial charge in [0.25, 0.3) is 0 Å². The van der Waals surface area contributed by atoms with Crippen LogP contribution in [0.3, 0.4) is 0 Å². The third-order valence-corrected chi connectivity index (χ3v) is 2.89. The highest BCUT2D eigenvalue weighted by Gasteiger charge is 2.16. The summed E-state index contributed by atoms with van der Waals surface area (Å²) in [5.41, 5.74) is 0. The Morgan fingerprint density at radius 3 is 2.79 bits per heavy atom. The first-order valence-electron chi connectivity index (χ1n) is 3.65. The van der Waals surface area contributed by atoms with Gasteiger partial charge in [-0.2, -0.15) is 0 Å². The summed E-state index contributed by atoms with van der Waals surface area (Å²) in [6.07, 6.45) is 0. The number of nitro groups is 1. The number of phenols is 1. The zero-order chi connectivity index (χ0) is 10.3. The Morgan fingerprint density at radius 2 is 2.21 bits per heavy atom. The number of thiophene rings is 1. The number of aromatic hydroxyl groups is 1. The molecule has 2 aromatic rings. The van der Waals surface area contributed by atoms with Crippen molar-refractivity contribution in [2.45, 2.75) is 0 Å². The van der Waals surface area contributed by atoms with Crippen LogP contribution in [0.15, 0.2) is 18.2 Å². The Hall–Kier alpha value is -1.69. The average Bonchev–Trinajstić information content (AvgIpc) is 2.57. The molecule has 6 heteroatoms. The van der Waals surface area contributed by atoms with Gasteiger partial charge in [0.05, 0.1) is 9.62 Å². The minimum absolute atomic E-state index is 0.0849. The topological polar surface area (TPSA) is 63.4 Å². The standard InChI is InChI=1S/C8H4FNO3S/c9-5-1-2-6(11)8-4(5)3-7(14-8)10(12)13/h1-3,11H. The van der Waals surface area contributed by atoms with E-state index in [1.54, 1.807) is 0 Å². The lowest BCUT2D eigenvalue weighted by atomic mass is 10.2. The highest BCUT2D eigenvalue weighted by atomic mass is 32.1. The second-order valence-electron chi connectivity index (χ2n) is 2.65. The lowest BCUT2D eigenvalue weighted by Gasteiger charge is -1.93. The summed E-state index contributed by atoms with van der Waals surface area (Å²) in [5, 5.41) is 19.6. The number of hydrogen-bond acceptors (Lipinski definition) is 4. The molecule has 0 spiro atoms. The molecule has 0 bridgehead atoms. The monoisotopic (exact) mass is 213 g/mol. The van der Waals surface area contributed by atoms with Gasteiger partial charge in [0, 0.05) is 11.5 Å². The second-order valence-corrected chi connectivity index (χ2v) is 3.68. The maximum atomic E-state index is 13.1. The number of fused-ring (bicyclic) bond motifs is 1. The molecule has 0 radical (unpaired) electrons. The minimum atomic E-state index is -0.608. The van der Waals surface area contributed by atoms with E-state index in [0.717, 1.165) is 23.5 Å². The normalized spacial score (nSPS) is 10.6. The van der Waals surface area contributed by atoms with E-state index in [2.05, 4.69) is 0 Å². The second kappa shape index (κ2) is 2.91. The van der Waals surface area contributed by atoms with Gasteiger partial charge in [-0.05, 0) is 12.1 Å². The van der Waals surface area contributed by atoms with Gasteiger partial charge < -0.3 is 5.11 Å². The van der Waals surface area contributed by atoms with Gasteiger partial charge >= 0.3 is 5.00 Å². The molecule has 1 aromatic carbocycles. The van der Waals surface area contributed by atoms with Crippen LogP contribution < -0.4 is 0 Å². The molecule has 0 saturated carbocycles. The highest BCUT2D eigenvalue weighted by Crippen LogP contribution is 2.38. The summed E-state index contributed by atoms with van der Waals surface area (Å²) in [4.78, 5) is 9.80. The van der Waals surface area contributed by atoms with Gasteiger partial charge in [-0.1, -0.05) is 11.3 Å². The van der Waals surface area contributed by atoms with Crippen LogP contribution in [0.4, 0.5) is 9.39 Å². The van der Waals surface area contributed by atoms with Crippen molar-refractivity contribution in [1.29, 1.82) is 0 Å². The van der Waals surface area contributed by atoms with E-state index >= 15 is 0 Å². The van der Waals surface area contributed by atoms with E-state index < -0.39 is 10.7 Å². The Labute approximate surface area is 81.4 Å². The fourth-order valence-electron chi connectivity index (χ4n) is 1.15. The quantitative estimate of drug-likeness (QED) is 0.585. The zero-order valence-electron chi connectivity index (χ0n) is 6.73. The number of halogens is 1. The highest BCUT2D eigenvalue weighted by molar-refractivity contribution is 7.22. The van der Waals surface area contributed by atoms with Crippen molar-refractivity contribution in [2.24, 2.45) is 0 Å². The van der Waals surface area contributed by atoms with Crippen LogP contribution in [0.5, 0.6) is 5.75 Å². The van der Waals surface area contributed by atoms with Crippen molar-refractivity contribution in [3.63, 3.8) is 0 Å². The number of hydrogen-bond donors (Lipinski definition) is 1. The predicted molar refractivity (Wildman–Crippen MR) is 50.1 cm³/mol. The first-order valence-corrected chi connectivity index (χ1v) is 4.46. The van der Waals surface area contributed by atoms with E-state index in [4.69, 9.17) is 0 Å². The molecule has 0 unspecified atom stereocenters. The van der Waals surface area contributed by atoms with Gasteiger partial charge in [0.1, 0.15) is 11.6 Å². The van der Waals surface area contributed by atoms with Crippen molar-refractivity contribution in [3.05, 3.63) is 34.1 Å². The van der Waals surface area contributed by atoms with Crippen LogP contribution in [0.25, 0.3) is 10.1 Å². The van der Waals surface area contributed by atoms with Gasteiger partial charge in [-0.25, -0.2) is 4.39 Å². The number of nitrogens with zero attached hydrogens (tertiary/aromatic N) is 1. The number of phenolic OH excluding ortho intramolecular Hbond substituents is 1. The maximum Gasteiger partial charge on any atom is 0.325 e. The summed E-state index contributed by atoms with van der Waals surface area (Å²) in [5.74, 6) is -0.707. The molecule has 0 amide bonds. The van der Waals surface area contributed by atoms with Crippen LogP contribution in [0, 0.1) is 15.9 Å². The molecule has 2 rings (SSSR count). The van der Waals surface area contributed by atoms with E-state index in [9.17, 15) is 19.6 Å². The van der Waals surface area contributed by atoms with Crippen LogP contribution in [0.2, 0.25) is 0 Å². The first-order chi connectivity index (χ1) is 6.59. The molecule has 0 atom stereocenters. The molecule has 0 saturated heterocycles. The molecule has 0 aliphatic heterocycles. The smallest absolute Gasteiger partial charge is 0.325 e. The van der Waals surface area contributed by atoms with Gasteiger partial charge in [-0.3, -0.25) is 10.1 Å². The van der Waals surface area contributed by atoms with Crippen LogP contribution >= 0.6 is 11.3 Å². The van der Waals surface area contributed by atoms with Crippen LogP contribution in [-0.4, -0.2) is 10.0 Å². The molecular formula is C8H4FNO3S. The van der Waals surface area contributed by atoms with Crippen molar-refractivity contribution >= 4 is 26.4 Å². The molecule has 14 heavy (non-hydrogen) atoms. The van der Waals surface area contributed by atoms with Crippen molar-refractivity contribution in [3.8, 4) is 5.75 Å². The third kappa shape index (κ3) is 1.20. The largest absolute Gasteiger partial charge is 0.506 e. The summed E-state index contributed by atoms with van der Waals surface area (Å²) >= 11 is 0.757. The number of rotatable bonds is 1. The van der Waals surface area contributed by atoms with E-state index in [1.165, 1.54) is 6.07 Å². The molecule has 1 N–H and O–H groups in total. The van der Waals surface area contributed by atoms with Crippen molar-refractivity contribution in [1.82, 2.24) is 0 Å². The zero-order valence-corrected chi connectivity index (χ0v) is 7.55. The molecule has 0 aliphatic carbocycles. The first kappa shape index (κ1) is 8.89. The van der Waals surface area contributed by atoms with Crippen LogP contribution in [-0.2, 0) is 0 Å². The third-order valence-electron chi connectivity index (χ3n) is 1.78. The summed E-state index contributed by atoms with van der Waals surface area (Å²) in [6, 6.07) is 3.38. The minimum Gasteiger partial charge on any atom is -0.506 e. The van der Waals surface area contributed by atoms with E-state index in [-0.39, 0.29) is 20.8 Å². The summed E-state index contributed by atoms with van der Waals surface area (Å²) in [7, 11) is 0. The Kier molecular flexibility index (Phi) is 1.85. The predicted octanol–water partition coefficient (Wildman–Crippen LogP) is 2.65. The van der Waals surface area contributed by atoms with E-state index in [0.29, 0.717) is 0 Å². The molecule has 0 fully saturated rings. The Morgan fingerprint density at radius 1 is 1.50 bits per heavy atom. The SMILES string of the molecule is O=[N+]([O-])c1cc2c(F)ccc(O)c2s1. The molecule has 72 valence electrons. The van der Waals surface area contributed by atoms with E-state index in [1.807, 2.05) is 0 Å². The molecule has 1 aromatic heterocycles. The lowest BCUT2D eigenvalue weighted by Crippen LogP contribution is -1.80. The van der Waals surface area contributed by atoms with Crippen LogP contribution in [0.1, 0.15) is 0 Å². The average molecular weight is 213 g/mol.